The third kappa shape index (κ3) is 5.30. The number of aliphatic hydroxyl groups is 1. The van der Waals surface area contributed by atoms with Crippen LogP contribution in [0.4, 0.5) is 0 Å². The summed E-state index contributed by atoms with van der Waals surface area (Å²) < 4.78 is 0. The Morgan fingerprint density at radius 2 is 1.71 bits per heavy atom. The molecule has 0 aromatic carbocycles. The van der Waals surface area contributed by atoms with E-state index in [9.17, 15) is 14.7 Å². The molecule has 0 aromatic heterocycles. The smallest absolute Gasteiger partial charge is 0.243 e. The van der Waals surface area contributed by atoms with Crippen molar-refractivity contribution in [2.24, 2.45) is 46.3 Å². The fourth-order valence-corrected chi connectivity index (χ4v) is 9.57. The van der Waals surface area contributed by atoms with Crippen LogP contribution in [0.2, 0.25) is 0 Å². The van der Waals surface area contributed by atoms with Crippen LogP contribution in [0, 0.1) is 46.3 Å². The molecule has 6 heteroatoms. The Kier molecular flexibility index (Phi) is 8.52. The summed E-state index contributed by atoms with van der Waals surface area (Å²) in [7, 11) is 0. The van der Waals surface area contributed by atoms with E-state index in [0.29, 0.717) is 59.8 Å². The van der Waals surface area contributed by atoms with E-state index in [4.69, 9.17) is 5.21 Å². The molecule has 200 valence electrons. The second-order valence-corrected chi connectivity index (χ2v) is 13.1. The summed E-state index contributed by atoms with van der Waals surface area (Å²) in [6.45, 7) is 8.02. The zero-order valence-corrected chi connectivity index (χ0v) is 22.4. The second kappa shape index (κ2) is 11.1. The Labute approximate surface area is 212 Å². The van der Waals surface area contributed by atoms with E-state index >= 15 is 0 Å². The number of aliphatic hydroxyl groups excluding tert-OH is 1. The van der Waals surface area contributed by atoms with E-state index in [-0.39, 0.29) is 24.3 Å². The van der Waals surface area contributed by atoms with Gasteiger partial charge in [-0.1, -0.05) is 33.6 Å². The Morgan fingerprint density at radius 3 is 2.49 bits per heavy atom. The fraction of sp³-hybridized carbons (Fsp3) is 0.931. The van der Waals surface area contributed by atoms with Gasteiger partial charge < -0.3 is 10.4 Å². The number of amides is 2. The molecule has 0 aliphatic heterocycles. The van der Waals surface area contributed by atoms with Gasteiger partial charge in [-0.3, -0.25) is 14.8 Å². The lowest BCUT2D eigenvalue weighted by Gasteiger charge is -2.62. The summed E-state index contributed by atoms with van der Waals surface area (Å²) in [6, 6.07) is 0. The van der Waals surface area contributed by atoms with Crippen molar-refractivity contribution in [2.45, 2.75) is 117 Å². The van der Waals surface area contributed by atoms with Crippen LogP contribution >= 0.6 is 0 Å². The summed E-state index contributed by atoms with van der Waals surface area (Å²) in [5, 5.41) is 22.9. The van der Waals surface area contributed by atoms with Gasteiger partial charge in [-0.25, -0.2) is 5.48 Å². The molecule has 2 amide bonds. The molecule has 4 saturated carbocycles. The molecule has 0 radical (unpaired) electrons. The standard InChI is InChI=1S/C29H50N2O4/c1-19(10-13-25(33)30-17-7-5-9-26(34)31-35)21-11-12-22-27-23(14-16-29(21,22)3)28(2)15-6-4-8-20(28)18-24(27)32/h19-24,27,32,35H,4-18H2,1-3H3,(H,30,33)(H,31,34)/t19-,20?,21?,22?,23?,24?,27?,28?,29?/m1/s1. The number of carbonyl (C=O) groups is 2. The van der Waals surface area contributed by atoms with E-state index in [1.807, 2.05) is 0 Å². The van der Waals surface area contributed by atoms with E-state index in [2.05, 4.69) is 26.1 Å². The van der Waals surface area contributed by atoms with Crippen LogP contribution in [0.5, 0.6) is 0 Å². The van der Waals surface area contributed by atoms with Crippen molar-refractivity contribution in [3.63, 3.8) is 0 Å². The molecule has 4 N–H and O–H groups in total. The highest BCUT2D eigenvalue weighted by Gasteiger charge is 2.62. The minimum absolute atomic E-state index is 0.103. The van der Waals surface area contributed by atoms with E-state index < -0.39 is 0 Å². The van der Waals surface area contributed by atoms with Crippen molar-refractivity contribution in [1.82, 2.24) is 10.8 Å². The Bertz CT molecular complexity index is 759. The second-order valence-electron chi connectivity index (χ2n) is 13.1. The fourth-order valence-electron chi connectivity index (χ4n) is 9.57. The van der Waals surface area contributed by atoms with E-state index in [1.54, 1.807) is 5.48 Å². The summed E-state index contributed by atoms with van der Waals surface area (Å²) in [5.74, 6) is 3.40. The van der Waals surface area contributed by atoms with Crippen LogP contribution in [0.25, 0.3) is 0 Å². The molecule has 0 saturated heterocycles. The van der Waals surface area contributed by atoms with Gasteiger partial charge in [-0.2, -0.15) is 0 Å². The average molecular weight is 491 g/mol. The molecule has 8 unspecified atom stereocenters. The monoisotopic (exact) mass is 490 g/mol. The summed E-state index contributed by atoms with van der Waals surface area (Å²) in [4.78, 5) is 23.5. The first-order chi connectivity index (χ1) is 16.7. The summed E-state index contributed by atoms with van der Waals surface area (Å²) >= 11 is 0. The number of carbonyl (C=O) groups excluding carboxylic acids is 2. The third-order valence-electron chi connectivity index (χ3n) is 11.5. The van der Waals surface area contributed by atoms with Crippen molar-refractivity contribution >= 4 is 11.8 Å². The lowest BCUT2D eigenvalue weighted by atomic mass is 9.44. The zero-order valence-electron chi connectivity index (χ0n) is 22.4. The van der Waals surface area contributed by atoms with Gasteiger partial charge in [0.2, 0.25) is 11.8 Å². The van der Waals surface area contributed by atoms with Gasteiger partial charge in [0.15, 0.2) is 0 Å². The van der Waals surface area contributed by atoms with Crippen molar-refractivity contribution in [3.8, 4) is 0 Å². The largest absolute Gasteiger partial charge is 0.393 e. The van der Waals surface area contributed by atoms with Crippen LogP contribution in [0.3, 0.4) is 0 Å². The van der Waals surface area contributed by atoms with Crippen LogP contribution in [0.1, 0.15) is 111 Å². The quantitative estimate of drug-likeness (QED) is 0.202. The molecule has 4 aliphatic rings. The summed E-state index contributed by atoms with van der Waals surface area (Å²) in [5.41, 5.74) is 2.37. The number of nitrogens with one attached hydrogen (secondary N) is 2. The maximum Gasteiger partial charge on any atom is 0.243 e. The maximum atomic E-state index is 12.4. The van der Waals surface area contributed by atoms with Crippen molar-refractivity contribution < 1.29 is 19.9 Å². The highest BCUT2D eigenvalue weighted by Crippen LogP contribution is 2.68. The maximum absolute atomic E-state index is 12.4. The van der Waals surface area contributed by atoms with Gasteiger partial charge in [0, 0.05) is 19.4 Å². The van der Waals surface area contributed by atoms with Crippen molar-refractivity contribution in [1.29, 1.82) is 0 Å². The van der Waals surface area contributed by atoms with E-state index in [0.717, 1.165) is 25.2 Å². The first-order valence-corrected chi connectivity index (χ1v) is 14.6. The molecule has 6 nitrogen and oxygen atoms in total. The van der Waals surface area contributed by atoms with Crippen LogP contribution in [-0.4, -0.2) is 34.8 Å². The number of hydrogen-bond acceptors (Lipinski definition) is 4. The van der Waals surface area contributed by atoms with Crippen LogP contribution < -0.4 is 10.8 Å². The summed E-state index contributed by atoms with van der Waals surface area (Å²) in [6.07, 6.45) is 14.5. The number of hydroxylamine groups is 1. The molecule has 4 fully saturated rings. The number of hydrogen-bond donors (Lipinski definition) is 4. The van der Waals surface area contributed by atoms with Gasteiger partial charge in [0.1, 0.15) is 0 Å². The first-order valence-electron chi connectivity index (χ1n) is 14.6. The molecule has 0 spiro atoms. The molecule has 4 rings (SSSR count). The SMILES string of the molecule is C[C@H](CCC(=O)NCCCCC(=O)NO)C1CCC2C3C(O)CC4CCCCC4(C)C3CCC21C. The molecule has 9 atom stereocenters. The van der Waals surface area contributed by atoms with E-state index in [1.165, 1.54) is 51.4 Å². The highest BCUT2D eigenvalue weighted by atomic mass is 16.5. The Morgan fingerprint density at radius 1 is 0.943 bits per heavy atom. The van der Waals surface area contributed by atoms with Gasteiger partial charge >= 0.3 is 0 Å². The Hall–Kier alpha value is -1.14. The first kappa shape index (κ1) is 26.9. The third-order valence-corrected chi connectivity index (χ3v) is 11.5. The minimum Gasteiger partial charge on any atom is -0.393 e. The zero-order chi connectivity index (χ0) is 25.2. The van der Waals surface area contributed by atoms with Crippen LogP contribution in [0.15, 0.2) is 0 Å². The molecule has 0 heterocycles. The van der Waals surface area contributed by atoms with Gasteiger partial charge in [0.05, 0.1) is 6.10 Å². The number of unbranched alkanes of at least 4 members (excludes halogenated alkanes) is 1. The van der Waals surface area contributed by atoms with Crippen molar-refractivity contribution in [3.05, 3.63) is 0 Å². The lowest BCUT2D eigenvalue weighted by molar-refractivity contribution is -0.164. The number of rotatable bonds is 9. The normalized spacial score (nSPS) is 41.3. The predicted molar refractivity (Wildman–Crippen MR) is 136 cm³/mol. The molecule has 4 aliphatic carbocycles. The lowest BCUT2D eigenvalue weighted by Crippen LogP contribution is -2.57. The van der Waals surface area contributed by atoms with Gasteiger partial charge in [-0.05, 0) is 111 Å². The predicted octanol–water partition coefficient (Wildman–Crippen LogP) is 5.21. The molecular formula is C29H50N2O4. The minimum atomic E-state index is -0.379. The number of fused-ring (bicyclic) bond motifs is 5. The van der Waals surface area contributed by atoms with Gasteiger partial charge in [-0.15, -0.1) is 0 Å². The highest BCUT2D eigenvalue weighted by molar-refractivity contribution is 5.76. The topological polar surface area (TPSA) is 98.7 Å². The van der Waals surface area contributed by atoms with Crippen LogP contribution in [-0.2, 0) is 9.59 Å². The molecular weight excluding hydrogens is 440 g/mol. The van der Waals surface area contributed by atoms with Crippen molar-refractivity contribution in [2.75, 3.05) is 6.54 Å². The molecule has 0 aromatic rings. The Balaban J connectivity index is 1.29. The van der Waals surface area contributed by atoms with Gasteiger partial charge in [0.25, 0.3) is 0 Å². The molecule has 35 heavy (non-hydrogen) atoms. The molecule has 0 bridgehead atoms. The average Bonchev–Trinajstić information content (AvgIpc) is 3.19.